The van der Waals surface area contributed by atoms with E-state index in [4.69, 9.17) is 0 Å². The molecule has 0 saturated carbocycles. The van der Waals surface area contributed by atoms with Crippen LogP contribution < -0.4 is 0 Å². The van der Waals surface area contributed by atoms with Crippen molar-refractivity contribution in [2.75, 3.05) is 0 Å². The molecule has 3 heteroatoms. The fraction of sp³-hybridized carbons (Fsp3) is 0.375. The SMILES string of the molecule is CC(C)c1ccnc(CC(C)c2ccnc(F)c2)c1. The van der Waals surface area contributed by atoms with Gasteiger partial charge in [-0.05, 0) is 53.6 Å². The van der Waals surface area contributed by atoms with Crippen molar-refractivity contribution >= 4 is 0 Å². The number of pyridine rings is 2. The lowest BCUT2D eigenvalue weighted by atomic mass is 9.95. The molecule has 100 valence electrons. The van der Waals surface area contributed by atoms with Gasteiger partial charge in [-0.15, -0.1) is 0 Å². The Morgan fingerprint density at radius 3 is 2.37 bits per heavy atom. The van der Waals surface area contributed by atoms with Gasteiger partial charge in [-0.2, -0.15) is 4.39 Å². The Morgan fingerprint density at radius 2 is 1.68 bits per heavy atom. The molecule has 2 aromatic heterocycles. The molecular formula is C16H19FN2. The van der Waals surface area contributed by atoms with Crippen LogP contribution >= 0.6 is 0 Å². The highest BCUT2D eigenvalue weighted by molar-refractivity contribution is 5.23. The summed E-state index contributed by atoms with van der Waals surface area (Å²) in [5, 5.41) is 0. The van der Waals surface area contributed by atoms with Crippen LogP contribution in [0.2, 0.25) is 0 Å². The van der Waals surface area contributed by atoms with Crippen molar-refractivity contribution in [3.05, 3.63) is 59.4 Å². The monoisotopic (exact) mass is 258 g/mol. The molecule has 2 heterocycles. The van der Waals surface area contributed by atoms with E-state index in [-0.39, 0.29) is 5.92 Å². The highest BCUT2D eigenvalue weighted by Crippen LogP contribution is 2.21. The molecule has 1 atom stereocenters. The number of aromatic nitrogens is 2. The lowest BCUT2D eigenvalue weighted by molar-refractivity contribution is 0.577. The summed E-state index contributed by atoms with van der Waals surface area (Å²) in [4.78, 5) is 7.98. The van der Waals surface area contributed by atoms with Crippen LogP contribution in [0.25, 0.3) is 0 Å². The summed E-state index contributed by atoms with van der Waals surface area (Å²) in [7, 11) is 0. The molecule has 2 rings (SSSR count). The number of rotatable bonds is 4. The van der Waals surface area contributed by atoms with E-state index in [9.17, 15) is 4.39 Å². The van der Waals surface area contributed by atoms with Crippen LogP contribution in [0.4, 0.5) is 4.39 Å². The summed E-state index contributed by atoms with van der Waals surface area (Å²) in [5.41, 5.74) is 3.30. The first-order valence-electron chi connectivity index (χ1n) is 6.62. The topological polar surface area (TPSA) is 25.8 Å². The Balaban J connectivity index is 2.14. The van der Waals surface area contributed by atoms with Crippen molar-refractivity contribution in [3.63, 3.8) is 0 Å². The number of halogens is 1. The zero-order chi connectivity index (χ0) is 13.8. The first kappa shape index (κ1) is 13.7. The van der Waals surface area contributed by atoms with Gasteiger partial charge in [-0.25, -0.2) is 4.98 Å². The number of nitrogens with zero attached hydrogens (tertiary/aromatic N) is 2. The van der Waals surface area contributed by atoms with Crippen molar-refractivity contribution < 1.29 is 4.39 Å². The van der Waals surface area contributed by atoms with Gasteiger partial charge in [0.25, 0.3) is 0 Å². The Morgan fingerprint density at radius 1 is 1.00 bits per heavy atom. The van der Waals surface area contributed by atoms with Gasteiger partial charge < -0.3 is 0 Å². The van der Waals surface area contributed by atoms with Crippen LogP contribution in [0.5, 0.6) is 0 Å². The minimum absolute atomic E-state index is 0.229. The molecule has 0 spiro atoms. The summed E-state index contributed by atoms with van der Waals surface area (Å²) >= 11 is 0. The van der Waals surface area contributed by atoms with E-state index >= 15 is 0 Å². The average molecular weight is 258 g/mol. The standard InChI is InChI=1S/C16H19FN2/c1-11(2)13-4-6-18-15(9-13)8-12(3)14-5-7-19-16(17)10-14/h4-7,9-12H,8H2,1-3H3. The van der Waals surface area contributed by atoms with E-state index in [0.29, 0.717) is 5.92 Å². The molecule has 0 fully saturated rings. The zero-order valence-electron chi connectivity index (χ0n) is 11.6. The lowest BCUT2D eigenvalue weighted by Crippen LogP contribution is -2.02. The third-order valence-electron chi connectivity index (χ3n) is 3.34. The minimum atomic E-state index is -0.423. The molecule has 1 unspecified atom stereocenters. The van der Waals surface area contributed by atoms with Crippen molar-refractivity contribution in [2.24, 2.45) is 0 Å². The average Bonchev–Trinajstić information content (AvgIpc) is 2.39. The second-order valence-electron chi connectivity index (χ2n) is 5.25. The van der Waals surface area contributed by atoms with Crippen LogP contribution in [-0.2, 0) is 6.42 Å². The predicted octanol–water partition coefficient (Wildman–Crippen LogP) is 4.09. The first-order valence-corrected chi connectivity index (χ1v) is 6.62. The highest BCUT2D eigenvalue weighted by atomic mass is 19.1. The van der Waals surface area contributed by atoms with Crippen LogP contribution in [-0.4, -0.2) is 9.97 Å². The largest absolute Gasteiger partial charge is 0.261 e. The Hall–Kier alpha value is -1.77. The molecule has 0 aliphatic carbocycles. The quantitative estimate of drug-likeness (QED) is 0.772. The zero-order valence-corrected chi connectivity index (χ0v) is 11.6. The van der Waals surface area contributed by atoms with Gasteiger partial charge in [0.1, 0.15) is 0 Å². The van der Waals surface area contributed by atoms with Crippen molar-refractivity contribution in [2.45, 2.75) is 39.0 Å². The van der Waals surface area contributed by atoms with Gasteiger partial charge in [-0.1, -0.05) is 20.8 Å². The molecule has 0 amide bonds. The minimum Gasteiger partial charge on any atom is -0.261 e. The predicted molar refractivity (Wildman–Crippen MR) is 74.6 cm³/mol. The van der Waals surface area contributed by atoms with Gasteiger partial charge in [0, 0.05) is 18.1 Å². The summed E-state index contributed by atoms with van der Waals surface area (Å²) in [6.07, 6.45) is 4.17. The number of hydrogen-bond acceptors (Lipinski definition) is 2. The Bertz CT molecular complexity index is 552. The van der Waals surface area contributed by atoms with Crippen molar-refractivity contribution in [3.8, 4) is 0 Å². The van der Waals surface area contributed by atoms with E-state index in [0.717, 1.165) is 17.7 Å². The second kappa shape index (κ2) is 5.91. The molecule has 2 nitrogen and oxygen atoms in total. The van der Waals surface area contributed by atoms with Crippen LogP contribution in [0.3, 0.4) is 0 Å². The van der Waals surface area contributed by atoms with Crippen LogP contribution in [0, 0.1) is 5.95 Å². The number of hydrogen-bond donors (Lipinski definition) is 0. The van der Waals surface area contributed by atoms with E-state index in [1.807, 2.05) is 18.3 Å². The molecule has 0 aromatic carbocycles. The molecule has 2 aromatic rings. The van der Waals surface area contributed by atoms with E-state index < -0.39 is 5.95 Å². The third kappa shape index (κ3) is 3.60. The Kier molecular flexibility index (Phi) is 4.25. The molecule has 0 bridgehead atoms. The van der Waals surface area contributed by atoms with Crippen molar-refractivity contribution in [1.29, 1.82) is 0 Å². The molecule has 0 aliphatic heterocycles. The van der Waals surface area contributed by atoms with E-state index in [1.54, 1.807) is 0 Å². The van der Waals surface area contributed by atoms with Gasteiger partial charge in [0.15, 0.2) is 0 Å². The van der Waals surface area contributed by atoms with Gasteiger partial charge in [0.05, 0.1) is 0 Å². The smallest absolute Gasteiger partial charge is 0.213 e. The summed E-state index contributed by atoms with van der Waals surface area (Å²) in [5.74, 6) is 0.302. The molecule has 0 saturated heterocycles. The molecule has 0 radical (unpaired) electrons. The van der Waals surface area contributed by atoms with E-state index in [1.165, 1.54) is 17.8 Å². The van der Waals surface area contributed by atoms with Gasteiger partial charge in [-0.3, -0.25) is 4.98 Å². The molecule has 19 heavy (non-hydrogen) atoms. The Labute approximate surface area is 113 Å². The third-order valence-corrected chi connectivity index (χ3v) is 3.34. The first-order chi connectivity index (χ1) is 9.06. The van der Waals surface area contributed by atoms with E-state index in [2.05, 4.69) is 36.8 Å². The normalized spacial score (nSPS) is 12.7. The van der Waals surface area contributed by atoms with Gasteiger partial charge in [0.2, 0.25) is 5.95 Å². The second-order valence-corrected chi connectivity index (χ2v) is 5.25. The molecule has 0 N–H and O–H groups in total. The maximum atomic E-state index is 13.1. The highest BCUT2D eigenvalue weighted by Gasteiger charge is 2.10. The van der Waals surface area contributed by atoms with Crippen LogP contribution in [0.1, 0.15) is 49.4 Å². The molecule has 0 aliphatic rings. The summed E-state index contributed by atoms with van der Waals surface area (Å²) < 4.78 is 13.1. The van der Waals surface area contributed by atoms with Gasteiger partial charge >= 0.3 is 0 Å². The summed E-state index contributed by atoms with van der Waals surface area (Å²) in [6, 6.07) is 7.54. The maximum absolute atomic E-state index is 13.1. The maximum Gasteiger partial charge on any atom is 0.213 e. The fourth-order valence-electron chi connectivity index (χ4n) is 2.12. The summed E-state index contributed by atoms with van der Waals surface area (Å²) in [6.45, 7) is 6.42. The molecular weight excluding hydrogens is 239 g/mol. The lowest BCUT2D eigenvalue weighted by Gasteiger charge is -2.13. The van der Waals surface area contributed by atoms with Crippen LogP contribution in [0.15, 0.2) is 36.7 Å². The van der Waals surface area contributed by atoms with Crippen molar-refractivity contribution in [1.82, 2.24) is 9.97 Å². The fourth-order valence-corrected chi connectivity index (χ4v) is 2.12.